The second-order valence-corrected chi connectivity index (χ2v) is 5.17. The SMILES string of the molecule is CCc1noc(C)c1C(=O)Nc1cnc2c(c1)c(C)nn2C. The highest BCUT2D eigenvalue weighted by atomic mass is 16.5. The van der Waals surface area contributed by atoms with Crippen LogP contribution in [0.2, 0.25) is 0 Å². The Morgan fingerprint density at radius 3 is 2.91 bits per heavy atom. The van der Waals surface area contributed by atoms with E-state index >= 15 is 0 Å². The van der Waals surface area contributed by atoms with Gasteiger partial charge in [-0.3, -0.25) is 9.48 Å². The molecule has 0 aromatic carbocycles. The Labute approximate surface area is 127 Å². The Kier molecular flexibility index (Phi) is 3.40. The van der Waals surface area contributed by atoms with E-state index in [0.29, 0.717) is 29.1 Å². The molecule has 0 spiro atoms. The molecule has 114 valence electrons. The number of rotatable bonds is 3. The molecule has 0 saturated heterocycles. The van der Waals surface area contributed by atoms with Crippen LogP contribution in [0.5, 0.6) is 0 Å². The maximum atomic E-state index is 12.4. The van der Waals surface area contributed by atoms with E-state index in [-0.39, 0.29) is 5.91 Å². The van der Waals surface area contributed by atoms with E-state index in [0.717, 1.165) is 16.7 Å². The summed E-state index contributed by atoms with van der Waals surface area (Å²) in [6.07, 6.45) is 2.26. The fourth-order valence-electron chi connectivity index (χ4n) is 2.52. The first-order valence-electron chi connectivity index (χ1n) is 7.07. The van der Waals surface area contributed by atoms with Crippen molar-refractivity contribution in [1.29, 1.82) is 0 Å². The molecule has 3 rings (SSSR count). The van der Waals surface area contributed by atoms with Crippen LogP contribution in [0.3, 0.4) is 0 Å². The van der Waals surface area contributed by atoms with E-state index in [2.05, 4.69) is 20.6 Å². The number of nitrogens with one attached hydrogen (secondary N) is 1. The number of hydrogen-bond acceptors (Lipinski definition) is 5. The summed E-state index contributed by atoms with van der Waals surface area (Å²) in [6.45, 7) is 5.57. The van der Waals surface area contributed by atoms with Gasteiger partial charge in [-0.1, -0.05) is 12.1 Å². The molecule has 0 saturated carbocycles. The number of amides is 1. The minimum absolute atomic E-state index is 0.238. The Balaban J connectivity index is 1.94. The quantitative estimate of drug-likeness (QED) is 0.802. The van der Waals surface area contributed by atoms with Crippen molar-refractivity contribution in [3.8, 4) is 0 Å². The highest BCUT2D eigenvalue weighted by Crippen LogP contribution is 2.21. The van der Waals surface area contributed by atoms with Gasteiger partial charge in [-0.25, -0.2) is 4.98 Å². The molecule has 0 aliphatic rings. The van der Waals surface area contributed by atoms with Crippen molar-refractivity contribution in [2.75, 3.05) is 5.32 Å². The molecule has 0 aliphatic carbocycles. The summed E-state index contributed by atoms with van der Waals surface area (Å²) in [4.78, 5) is 16.8. The van der Waals surface area contributed by atoms with Crippen molar-refractivity contribution in [2.45, 2.75) is 27.2 Å². The topological polar surface area (TPSA) is 85.8 Å². The first-order valence-corrected chi connectivity index (χ1v) is 7.07. The Morgan fingerprint density at radius 2 is 2.18 bits per heavy atom. The molecule has 0 bridgehead atoms. The van der Waals surface area contributed by atoms with Gasteiger partial charge >= 0.3 is 0 Å². The summed E-state index contributed by atoms with van der Waals surface area (Å²) in [6, 6.07) is 1.87. The van der Waals surface area contributed by atoms with Crippen molar-refractivity contribution >= 4 is 22.6 Å². The number of carbonyl (C=O) groups is 1. The van der Waals surface area contributed by atoms with Gasteiger partial charge in [-0.05, 0) is 26.3 Å². The summed E-state index contributed by atoms with van der Waals surface area (Å²) in [5, 5.41) is 12.0. The number of nitrogens with zero attached hydrogens (tertiary/aromatic N) is 4. The second kappa shape index (κ2) is 5.25. The Morgan fingerprint density at radius 1 is 1.41 bits per heavy atom. The lowest BCUT2D eigenvalue weighted by Crippen LogP contribution is -2.14. The minimum Gasteiger partial charge on any atom is -0.361 e. The number of aromatic nitrogens is 4. The maximum Gasteiger partial charge on any atom is 0.261 e. The van der Waals surface area contributed by atoms with Crippen LogP contribution in [0.15, 0.2) is 16.8 Å². The number of carbonyl (C=O) groups excluding carboxylic acids is 1. The first kappa shape index (κ1) is 14.2. The predicted molar refractivity (Wildman–Crippen MR) is 81.8 cm³/mol. The summed E-state index contributed by atoms with van der Waals surface area (Å²) in [5.41, 5.74) is 3.42. The third-order valence-electron chi connectivity index (χ3n) is 3.62. The molecule has 1 amide bonds. The third-order valence-corrected chi connectivity index (χ3v) is 3.62. The van der Waals surface area contributed by atoms with E-state index in [1.165, 1.54) is 0 Å². The van der Waals surface area contributed by atoms with E-state index in [1.807, 2.05) is 27.0 Å². The lowest BCUT2D eigenvalue weighted by molar-refractivity contribution is 0.102. The van der Waals surface area contributed by atoms with Crippen LogP contribution >= 0.6 is 0 Å². The fraction of sp³-hybridized carbons (Fsp3) is 0.333. The van der Waals surface area contributed by atoms with Crippen LogP contribution in [0, 0.1) is 13.8 Å². The van der Waals surface area contributed by atoms with Crippen LogP contribution < -0.4 is 5.32 Å². The summed E-state index contributed by atoms with van der Waals surface area (Å²) >= 11 is 0. The van der Waals surface area contributed by atoms with Gasteiger partial charge in [0.2, 0.25) is 0 Å². The molecule has 0 radical (unpaired) electrons. The normalized spacial score (nSPS) is 11.1. The molecular formula is C15H17N5O2. The number of hydrogen-bond donors (Lipinski definition) is 1. The molecule has 1 N–H and O–H groups in total. The van der Waals surface area contributed by atoms with Crippen LogP contribution in [-0.4, -0.2) is 25.8 Å². The van der Waals surface area contributed by atoms with E-state index < -0.39 is 0 Å². The van der Waals surface area contributed by atoms with E-state index in [9.17, 15) is 4.79 Å². The molecule has 3 aromatic rings. The monoisotopic (exact) mass is 299 g/mol. The molecule has 7 heteroatoms. The Bertz CT molecular complexity index is 862. The van der Waals surface area contributed by atoms with Crippen molar-refractivity contribution < 1.29 is 9.32 Å². The average Bonchev–Trinajstić information content (AvgIpc) is 2.99. The van der Waals surface area contributed by atoms with Crippen LogP contribution in [0.1, 0.15) is 34.4 Å². The minimum atomic E-state index is -0.238. The van der Waals surface area contributed by atoms with Gasteiger partial charge in [-0.2, -0.15) is 5.10 Å². The van der Waals surface area contributed by atoms with Crippen LogP contribution in [-0.2, 0) is 13.5 Å². The van der Waals surface area contributed by atoms with Gasteiger partial charge in [-0.15, -0.1) is 0 Å². The summed E-state index contributed by atoms with van der Waals surface area (Å²) in [5.74, 6) is 0.277. The maximum absolute atomic E-state index is 12.4. The fourth-order valence-corrected chi connectivity index (χ4v) is 2.52. The van der Waals surface area contributed by atoms with Crippen LogP contribution in [0.25, 0.3) is 11.0 Å². The zero-order valence-electron chi connectivity index (χ0n) is 13.0. The molecule has 0 atom stereocenters. The lowest BCUT2D eigenvalue weighted by atomic mass is 10.1. The smallest absolute Gasteiger partial charge is 0.261 e. The average molecular weight is 299 g/mol. The zero-order chi connectivity index (χ0) is 15.9. The number of pyridine rings is 1. The van der Waals surface area contributed by atoms with Gasteiger partial charge < -0.3 is 9.84 Å². The molecule has 3 heterocycles. The first-order chi connectivity index (χ1) is 10.5. The Hall–Kier alpha value is -2.70. The molecule has 0 unspecified atom stereocenters. The molecule has 7 nitrogen and oxygen atoms in total. The molecular weight excluding hydrogens is 282 g/mol. The standard InChI is InChI=1S/C15H17N5O2/c1-5-12-13(9(3)22-19-12)15(21)17-10-6-11-8(2)18-20(4)14(11)16-7-10/h6-7H,5H2,1-4H3,(H,17,21). The molecule has 22 heavy (non-hydrogen) atoms. The van der Waals surface area contributed by atoms with Crippen molar-refractivity contribution in [3.63, 3.8) is 0 Å². The van der Waals surface area contributed by atoms with Crippen LogP contribution in [0.4, 0.5) is 5.69 Å². The largest absolute Gasteiger partial charge is 0.361 e. The van der Waals surface area contributed by atoms with E-state index in [4.69, 9.17) is 4.52 Å². The van der Waals surface area contributed by atoms with Gasteiger partial charge in [0.1, 0.15) is 11.3 Å². The number of fused-ring (bicyclic) bond motifs is 1. The van der Waals surface area contributed by atoms with Gasteiger partial charge in [0, 0.05) is 12.4 Å². The summed E-state index contributed by atoms with van der Waals surface area (Å²) in [7, 11) is 1.84. The summed E-state index contributed by atoms with van der Waals surface area (Å²) < 4.78 is 6.82. The molecule has 0 aliphatic heterocycles. The van der Waals surface area contributed by atoms with Gasteiger partial charge in [0.05, 0.1) is 23.3 Å². The highest BCUT2D eigenvalue weighted by Gasteiger charge is 2.19. The molecule has 3 aromatic heterocycles. The van der Waals surface area contributed by atoms with Crippen molar-refractivity contribution in [1.82, 2.24) is 19.9 Å². The second-order valence-electron chi connectivity index (χ2n) is 5.17. The predicted octanol–water partition coefficient (Wildman–Crippen LogP) is 2.39. The lowest BCUT2D eigenvalue weighted by Gasteiger charge is -2.05. The van der Waals surface area contributed by atoms with Gasteiger partial charge in [0.15, 0.2) is 5.65 Å². The van der Waals surface area contributed by atoms with Gasteiger partial charge in [0.25, 0.3) is 5.91 Å². The third kappa shape index (κ3) is 2.24. The number of aryl methyl sites for hydroxylation is 4. The van der Waals surface area contributed by atoms with Crippen molar-refractivity contribution in [3.05, 3.63) is 35.0 Å². The number of anilines is 1. The van der Waals surface area contributed by atoms with E-state index in [1.54, 1.807) is 17.8 Å². The van der Waals surface area contributed by atoms with Crippen molar-refractivity contribution in [2.24, 2.45) is 7.05 Å². The zero-order valence-corrected chi connectivity index (χ0v) is 13.0. The highest BCUT2D eigenvalue weighted by molar-refractivity contribution is 6.06. The molecule has 0 fully saturated rings.